The van der Waals surface area contributed by atoms with E-state index in [2.05, 4.69) is 51.8 Å². The maximum Gasteiger partial charge on any atom is 0.319 e. The minimum Gasteiger partial charge on any atom is -0.334 e. The minimum atomic E-state index is -0.170. The van der Waals surface area contributed by atoms with Crippen LogP contribution in [0.2, 0.25) is 0 Å². The highest BCUT2D eigenvalue weighted by Crippen LogP contribution is 2.19. The summed E-state index contributed by atoms with van der Waals surface area (Å²) in [5, 5.41) is 9.94. The molecule has 1 aromatic heterocycles. The zero-order chi connectivity index (χ0) is 16.2. The molecule has 0 aliphatic carbocycles. The molecule has 2 unspecified atom stereocenters. The summed E-state index contributed by atoms with van der Waals surface area (Å²) in [6, 6.07) is 10.4. The molecule has 2 heterocycles. The molecule has 0 radical (unpaired) electrons. The quantitative estimate of drug-likeness (QED) is 0.908. The van der Waals surface area contributed by atoms with Crippen molar-refractivity contribution < 1.29 is 4.79 Å². The van der Waals surface area contributed by atoms with Crippen LogP contribution >= 0.6 is 0 Å². The van der Waals surface area contributed by atoms with Gasteiger partial charge in [0.1, 0.15) is 0 Å². The molecule has 1 aliphatic rings. The van der Waals surface area contributed by atoms with Crippen LogP contribution in [-0.4, -0.2) is 39.8 Å². The Balaban J connectivity index is 1.51. The van der Waals surface area contributed by atoms with Gasteiger partial charge >= 0.3 is 6.03 Å². The number of rotatable bonds is 4. The van der Waals surface area contributed by atoms with E-state index in [1.807, 2.05) is 13.1 Å². The van der Waals surface area contributed by atoms with Crippen LogP contribution in [0.5, 0.6) is 0 Å². The van der Waals surface area contributed by atoms with Crippen LogP contribution in [0.25, 0.3) is 0 Å². The van der Waals surface area contributed by atoms with Crippen molar-refractivity contribution in [2.45, 2.75) is 19.5 Å². The van der Waals surface area contributed by atoms with Crippen molar-refractivity contribution in [2.75, 3.05) is 18.4 Å². The van der Waals surface area contributed by atoms with E-state index in [0.717, 1.165) is 19.6 Å². The lowest BCUT2D eigenvalue weighted by molar-refractivity contribution is 0.246. The molecule has 6 heteroatoms. The van der Waals surface area contributed by atoms with Crippen molar-refractivity contribution >= 4 is 11.7 Å². The molecular formula is C17H23N5O. The standard InChI is InChI=1S/C17H23N5O/c1-13-9-22(10-14-6-4-3-5-7-14)12-16(13)20-17(23)19-15-8-18-21(2)11-15/h3-8,11,13,16H,9-10,12H2,1-2H3,(H2,19,20,23). The lowest BCUT2D eigenvalue weighted by atomic mass is 10.1. The summed E-state index contributed by atoms with van der Waals surface area (Å²) in [7, 11) is 1.82. The van der Waals surface area contributed by atoms with Gasteiger partial charge in [0.05, 0.1) is 11.9 Å². The first kappa shape index (κ1) is 15.6. The molecule has 2 aromatic rings. The Hall–Kier alpha value is -2.34. The number of benzene rings is 1. The third kappa shape index (κ3) is 4.10. The molecular weight excluding hydrogens is 290 g/mol. The summed E-state index contributed by atoms with van der Waals surface area (Å²) in [6.45, 7) is 4.97. The Bertz CT molecular complexity index is 654. The van der Waals surface area contributed by atoms with Crippen molar-refractivity contribution in [1.29, 1.82) is 0 Å². The zero-order valence-corrected chi connectivity index (χ0v) is 13.6. The van der Waals surface area contributed by atoms with E-state index >= 15 is 0 Å². The number of aryl methyl sites for hydroxylation is 1. The van der Waals surface area contributed by atoms with Crippen molar-refractivity contribution in [3.63, 3.8) is 0 Å². The molecule has 1 aromatic carbocycles. The van der Waals surface area contributed by atoms with Crippen molar-refractivity contribution in [1.82, 2.24) is 20.0 Å². The fraction of sp³-hybridized carbons (Fsp3) is 0.412. The summed E-state index contributed by atoms with van der Waals surface area (Å²) < 4.78 is 1.66. The molecule has 23 heavy (non-hydrogen) atoms. The zero-order valence-electron chi connectivity index (χ0n) is 13.6. The molecule has 1 fully saturated rings. The largest absolute Gasteiger partial charge is 0.334 e. The van der Waals surface area contributed by atoms with E-state index in [-0.39, 0.29) is 12.1 Å². The van der Waals surface area contributed by atoms with Crippen LogP contribution in [0.4, 0.5) is 10.5 Å². The number of likely N-dealkylation sites (tertiary alicyclic amines) is 1. The van der Waals surface area contributed by atoms with Crippen LogP contribution in [0.3, 0.4) is 0 Å². The van der Waals surface area contributed by atoms with E-state index in [1.165, 1.54) is 5.56 Å². The first-order valence-electron chi connectivity index (χ1n) is 7.92. The number of nitrogens with one attached hydrogen (secondary N) is 2. The van der Waals surface area contributed by atoms with Gasteiger partial charge in [-0.05, 0) is 11.5 Å². The lowest BCUT2D eigenvalue weighted by Crippen LogP contribution is -2.42. The maximum atomic E-state index is 12.1. The van der Waals surface area contributed by atoms with Gasteiger partial charge in [0.2, 0.25) is 0 Å². The Morgan fingerprint density at radius 2 is 2.09 bits per heavy atom. The third-order valence-corrected chi connectivity index (χ3v) is 4.22. The van der Waals surface area contributed by atoms with Crippen LogP contribution in [-0.2, 0) is 13.6 Å². The van der Waals surface area contributed by atoms with Gasteiger partial charge in [-0.3, -0.25) is 9.58 Å². The predicted molar refractivity (Wildman–Crippen MR) is 90.0 cm³/mol. The van der Waals surface area contributed by atoms with E-state index in [4.69, 9.17) is 0 Å². The summed E-state index contributed by atoms with van der Waals surface area (Å²) in [4.78, 5) is 14.5. The Morgan fingerprint density at radius 3 is 2.78 bits per heavy atom. The van der Waals surface area contributed by atoms with Gasteiger partial charge in [-0.1, -0.05) is 37.3 Å². The summed E-state index contributed by atoms with van der Waals surface area (Å²) >= 11 is 0. The first-order valence-corrected chi connectivity index (χ1v) is 7.92. The summed E-state index contributed by atoms with van der Waals surface area (Å²) in [6.07, 6.45) is 3.42. The van der Waals surface area contributed by atoms with E-state index < -0.39 is 0 Å². The fourth-order valence-electron chi connectivity index (χ4n) is 3.05. The van der Waals surface area contributed by atoms with E-state index in [1.54, 1.807) is 17.1 Å². The molecule has 2 atom stereocenters. The molecule has 1 aliphatic heterocycles. The fourth-order valence-corrected chi connectivity index (χ4v) is 3.05. The molecule has 6 nitrogen and oxygen atoms in total. The van der Waals surface area contributed by atoms with E-state index in [0.29, 0.717) is 11.6 Å². The predicted octanol–water partition coefficient (Wildman–Crippen LogP) is 2.06. The Kier molecular flexibility index (Phi) is 4.62. The number of hydrogen-bond donors (Lipinski definition) is 2. The molecule has 0 bridgehead atoms. The van der Waals surface area contributed by atoms with Gasteiger partial charge in [0.25, 0.3) is 0 Å². The second-order valence-corrected chi connectivity index (χ2v) is 6.26. The number of anilines is 1. The smallest absolute Gasteiger partial charge is 0.319 e. The lowest BCUT2D eigenvalue weighted by Gasteiger charge is -2.17. The minimum absolute atomic E-state index is 0.162. The maximum absolute atomic E-state index is 12.1. The van der Waals surface area contributed by atoms with Crippen molar-refractivity contribution in [3.05, 3.63) is 48.3 Å². The van der Waals surface area contributed by atoms with Crippen LogP contribution in [0.15, 0.2) is 42.7 Å². The van der Waals surface area contributed by atoms with Crippen LogP contribution in [0, 0.1) is 5.92 Å². The average Bonchev–Trinajstić information content (AvgIpc) is 3.06. The molecule has 122 valence electrons. The molecule has 0 spiro atoms. The van der Waals surface area contributed by atoms with Gasteiger partial charge in [-0.2, -0.15) is 5.10 Å². The number of nitrogens with zero attached hydrogens (tertiary/aromatic N) is 3. The molecule has 2 N–H and O–H groups in total. The Morgan fingerprint density at radius 1 is 1.30 bits per heavy atom. The molecule has 2 amide bonds. The molecule has 0 saturated carbocycles. The number of hydrogen-bond acceptors (Lipinski definition) is 3. The highest BCUT2D eigenvalue weighted by atomic mass is 16.2. The topological polar surface area (TPSA) is 62.2 Å². The van der Waals surface area contributed by atoms with Gasteiger partial charge in [-0.25, -0.2) is 4.79 Å². The van der Waals surface area contributed by atoms with Crippen molar-refractivity contribution in [2.24, 2.45) is 13.0 Å². The van der Waals surface area contributed by atoms with Gasteiger partial charge < -0.3 is 10.6 Å². The monoisotopic (exact) mass is 313 g/mol. The summed E-state index contributed by atoms with van der Waals surface area (Å²) in [5.41, 5.74) is 2.01. The van der Waals surface area contributed by atoms with Gasteiger partial charge in [0, 0.05) is 38.9 Å². The second kappa shape index (κ2) is 6.83. The number of urea groups is 1. The highest BCUT2D eigenvalue weighted by molar-refractivity contribution is 5.89. The van der Waals surface area contributed by atoms with Gasteiger partial charge in [0.15, 0.2) is 0 Å². The highest BCUT2D eigenvalue weighted by Gasteiger charge is 2.30. The van der Waals surface area contributed by atoms with Crippen molar-refractivity contribution in [3.8, 4) is 0 Å². The number of carbonyl (C=O) groups is 1. The number of aromatic nitrogens is 2. The molecule has 3 rings (SSSR count). The first-order chi connectivity index (χ1) is 11.1. The second-order valence-electron chi connectivity index (χ2n) is 6.26. The third-order valence-electron chi connectivity index (χ3n) is 4.22. The normalized spacial score (nSPS) is 21.3. The SMILES string of the molecule is CC1CN(Cc2ccccc2)CC1NC(=O)Nc1cnn(C)c1. The van der Waals surface area contributed by atoms with Crippen LogP contribution < -0.4 is 10.6 Å². The number of carbonyl (C=O) groups excluding carboxylic acids is 1. The Labute approximate surface area is 136 Å². The van der Waals surface area contributed by atoms with Gasteiger partial charge in [-0.15, -0.1) is 0 Å². The molecule has 1 saturated heterocycles. The average molecular weight is 313 g/mol. The summed E-state index contributed by atoms with van der Waals surface area (Å²) in [5.74, 6) is 0.429. The van der Waals surface area contributed by atoms with E-state index in [9.17, 15) is 4.79 Å². The number of amides is 2. The van der Waals surface area contributed by atoms with Crippen LogP contribution in [0.1, 0.15) is 12.5 Å².